The molecule has 2 heterocycles. The Morgan fingerprint density at radius 3 is 2.63 bits per heavy atom. The first-order chi connectivity index (χ1) is 12.9. The molecule has 7 nitrogen and oxygen atoms in total. The SMILES string of the molecule is O=C(Cn1nc(Br)c2cc(C3(F)CC3)ccc2c1=O)Nc1ncc(F)cn1. The van der Waals surface area contributed by atoms with E-state index in [1.165, 1.54) is 6.07 Å². The monoisotopic (exact) mass is 435 g/mol. The summed E-state index contributed by atoms with van der Waals surface area (Å²) in [5.74, 6) is -1.32. The highest BCUT2D eigenvalue weighted by Crippen LogP contribution is 2.50. The molecule has 1 aromatic carbocycles. The third-order valence-corrected chi connectivity index (χ3v) is 4.87. The van der Waals surface area contributed by atoms with Gasteiger partial charge in [0.1, 0.15) is 16.8 Å². The first-order valence-corrected chi connectivity index (χ1v) is 8.82. The highest BCUT2D eigenvalue weighted by Gasteiger charge is 2.45. The number of nitrogens with zero attached hydrogens (tertiary/aromatic N) is 4. The fourth-order valence-electron chi connectivity index (χ4n) is 2.71. The molecule has 3 aromatic rings. The van der Waals surface area contributed by atoms with E-state index in [9.17, 15) is 18.4 Å². The number of benzene rings is 1. The summed E-state index contributed by atoms with van der Waals surface area (Å²) < 4.78 is 28.4. The quantitative estimate of drug-likeness (QED) is 0.680. The molecule has 1 aliphatic carbocycles. The highest BCUT2D eigenvalue weighted by molar-refractivity contribution is 9.10. The van der Waals surface area contributed by atoms with Crippen LogP contribution in [0.5, 0.6) is 0 Å². The lowest BCUT2D eigenvalue weighted by Crippen LogP contribution is -2.30. The molecule has 138 valence electrons. The third-order valence-electron chi connectivity index (χ3n) is 4.29. The molecule has 0 bridgehead atoms. The standard InChI is InChI=1S/C17H12BrF2N5O2/c18-14-12-5-9(17(20)3-4-17)1-2-11(12)15(27)25(24-14)8-13(26)23-16-21-6-10(19)7-22-16/h1-2,5-7H,3-4,8H2,(H,21,22,23,26). The predicted octanol–water partition coefficient (Wildman–Crippen LogP) is 2.69. The molecule has 0 atom stereocenters. The van der Waals surface area contributed by atoms with Crippen LogP contribution in [0.4, 0.5) is 14.7 Å². The van der Waals surface area contributed by atoms with Gasteiger partial charge in [0.2, 0.25) is 11.9 Å². The molecule has 1 N–H and O–H groups in total. The summed E-state index contributed by atoms with van der Waals surface area (Å²) in [5, 5.41) is 7.24. The summed E-state index contributed by atoms with van der Waals surface area (Å²) in [6, 6.07) is 4.73. The second-order valence-corrected chi connectivity index (χ2v) is 7.00. The lowest BCUT2D eigenvalue weighted by molar-refractivity contribution is -0.117. The van der Waals surface area contributed by atoms with Crippen LogP contribution >= 0.6 is 15.9 Å². The van der Waals surface area contributed by atoms with Crippen LogP contribution in [0.3, 0.4) is 0 Å². The first kappa shape index (κ1) is 17.7. The largest absolute Gasteiger partial charge is 0.293 e. The molecule has 0 spiro atoms. The summed E-state index contributed by atoms with van der Waals surface area (Å²) in [5.41, 5.74) is -1.29. The molecule has 2 aromatic heterocycles. The van der Waals surface area contributed by atoms with E-state index < -0.39 is 23.0 Å². The Morgan fingerprint density at radius 2 is 1.96 bits per heavy atom. The van der Waals surface area contributed by atoms with Gasteiger partial charge in [0, 0.05) is 5.39 Å². The minimum Gasteiger partial charge on any atom is -0.293 e. The van der Waals surface area contributed by atoms with Gasteiger partial charge >= 0.3 is 0 Å². The molecule has 1 aliphatic rings. The zero-order valence-electron chi connectivity index (χ0n) is 13.7. The fourth-order valence-corrected chi connectivity index (χ4v) is 3.23. The van der Waals surface area contributed by atoms with Crippen molar-refractivity contribution in [2.75, 3.05) is 5.32 Å². The van der Waals surface area contributed by atoms with Crippen molar-refractivity contribution < 1.29 is 13.6 Å². The van der Waals surface area contributed by atoms with Crippen LogP contribution in [-0.4, -0.2) is 25.7 Å². The Kier molecular flexibility index (Phi) is 4.22. The molecule has 1 amide bonds. The number of anilines is 1. The van der Waals surface area contributed by atoms with E-state index in [0.717, 1.165) is 17.1 Å². The van der Waals surface area contributed by atoms with Crippen molar-refractivity contribution in [2.24, 2.45) is 0 Å². The van der Waals surface area contributed by atoms with E-state index in [1.54, 1.807) is 12.1 Å². The number of aromatic nitrogens is 4. The average Bonchev–Trinajstić information content (AvgIpc) is 3.40. The topological polar surface area (TPSA) is 89.8 Å². The Bertz CT molecular complexity index is 1110. The van der Waals surface area contributed by atoms with E-state index >= 15 is 0 Å². The Morgan fingerprint density at radius 1 is 1.26 bits per heavy atom. The van der Waals surface area contributed by atoms with E-state index in [4.69, 9.17) is 0 Å². The number of carbonyl (C=O) groups excluding carboxylic acids is 1. The Labute approximate surface area is 159 Å². The predicted molar refractivity (Wildman–Crippen MR) is 96.3 cm³/mol. The number of carbonyl (C=O) groups is 1. The maximum absolute atomic E-state index is 14.3. The zero-order valence-corrected chi connectivity index (χ0v) is 15.3. The van der Waals surface area contributed by atoms with Gasteiger partial charge in [-0.05, 0) is 46.5 Å². The van der Waals surface area contributed by atoms with Crippen molar-refractivity contribution in [3.63, 3.8) is 0 Å². The van der Waals surface area contributed by atoms with Gasteiger partial charge in [-0.25, -0.2) is 23.4 Å². The first-order valence-electron chi connectivity index (χ1n) is 8.03. The summed E-state index contributed by atoms with van der Waals surface area (Å²) in [6.45, 7) is -0.386. The summed E-state index contributed by atoms with van der Waals surface area (Å²) in [6.07, 6.45) is 2.75. The number of amides is 1. The van der Waals surface area contributed by atoms with Crippen LogP contribution in [0.15, 0.2) is 40.0 Å². The van der Waals surface area contributed by atoms with E-state index in [1.807, 2.05) is 0 Å². The van der Waals surface area contributed by atoms with Crippen LogP contribution < -0.4 is 10.9 Å². The minimum atomic E-state index is -1.32. The Balaban J connectivity index is 1.62. The van der Waals surface area contributed by atoms with Crippen molar-refractivity contribution in [1.29, 1.82) is 0 Å². The minimum absolute atomic E-state index is 0.0865. The average molecular weight is 436 g/mol. The summed E-state index contributed by atoms with van der Waals surface area (Å²) in [7, 11) is 0. The van der Waals surface area contributed by atoms with E-state index in [-0.39, 0.29) is 12.5 Å². The molecule has 10 heteroatoms. The molecule has 0 radical (unpaired) electrons. The second-order valence-electron chi connectivity index (χ2n) is 6.25. The molecular weight excluding hydrogens is 424 g/mol. The van der Waals surface area contributed by atoms with Crippen molar-refractivity contribution in [3.8, 4) is 0 Å². The fraction of sp³-hybridized carbons (Fsp3) is 0.235. The third kappa shape index (κ3) is 3.44. The Hall–Kier alpha value is -2.75. The number of alkyl halides is 1. The second kappa shape index (κ2) is 6.45. The van der Waals surface area contributed by atoms with Gasteiger partial charge in [-0.3, -0.25) is 14.9 Å². The van der Waals surface area contributed by atoms with Gasteiger partial charge < -0.3 is 0 Å². The van der Waals surface area contributed by atoms with Gasteiger partial charge in [-0.1, -0.05) is 6.07 Å². The smallest absolute Gasteiger partial charge is 0.275 e. The van der Waals surface area contributed by atoms with Gasteiger partial charge in [-0.2, -0.15) is 5.10 Å². The molecule has 1 fully saturated rings. The van der Waals surface area contributed by atoms with Gasteiger partial charge in [-0.15, -0.1) is 0 Å². The van der Waals surface area contributed by atoms with Crippen molar-refractivity contribution in [1.82, 2.24) is 19.7 Å². The molecule has 0 aliphatic heterocycles. The number of fused-ring (bicyclic) bond motifs is 1. The number of nitrogens with one attached hydrogen (secondary N) is 1. The van der Waals surface area contributed by atoms with Crippen LogP contribution in [-0.2, 0) is 17.0 Å². The number of hydrogen-bond donors (Lipinski definition) is 1. The van der Waals surface area contributed by atoms with Crippen molar-refractivity contribution in [2.45, 2.75) is 25.1 Å². The van der Waals surface area contributed by atoms with Gasteiger partial charge in [0.25, 0.3) is 5.56 Å². The van der Waals surface area contributed by atoms with Gasteiger partial charge in [0.15, 0.2) is 5.82 Å². The maximum Gasteiger partial charge on any atom is 0.275 e. The summed E-state index contributed by atoms with van der Waals surface area (Å²) in [4.78, 5) is 32.0. The number of rotatable bonds is 4. The zero-order chi connectivity index (χ0) is 19.2. The van der Waals surface area contributed by atoms with Crippen LogP contribution in [0, 0.1) is 5.82 Å². The van der Waals surface area contributed by atoms with E-state index in [2.05, 4.69) is 36.3 Å². The van der Waals surface area contributed by atoms with Crippen LogP contribution in [0.25, 0.3) is 10.8 Å². The number of halogens is 3. The number of hydrogen-bond acceptors (Lipinski definition) is 5. The molecule has 4 rings (SSSR count). The van der Waals surface area contributed by atoms with Crippen LogP contribution in [0.2, 0.25) is 0 Å². The van der Waals surface area contributed by atoms with Crippen LogP contribution in [0.1, 0.15) is 18.4 Å². The molecular formula is C17H12BrF2N5O2. The molecule has 1 saturated carbocycles. The lowest BCUT2D eigenvalue weighted by atomic mass is 10.1. The van der Waals surface area contributed by atoms with E-state index in [0.29, 0.717) is 33.8 Å². The molecule has 0 unspecified atom stereocenters. The lowest BCUT2D eigenvalue weighted by Gasteiger charge is -2.10. The van der Waals surface area contributed by atoms with Crippen molar-refractivity contribution >= 4 is 38.6 Å². The normalized spacial score (nSPS) is 14.9. The molecule has 27 heavy (non-hydrogen) atoms. The molecule has 0 saturated heterocycles. The van der Waals surface area contributed by atoms with Crippen molar-refractivity contribution in [3.05, 3.63) is 56.9 Å². The summed E-state index contributed by atoms with van der Waals surface area (Å²) >= 11 is 3.28. The maximum atomic E-state index is 14.3. The highest BCUT2D eigenvalue weighted by atomic mass is 79.9. The van der Waals surface area contributed by atoms with Gasteiger partial charge in [0.05, 0.1) is 17.8 Å².